The molecule has 0 radical (unpaired) electrons. The molecule has 0 saturated carbocycles. The van der Waals surface area contributed by atoms with Crippen molar-refractivity contribution in [2.45, 2.75) is 77.5 Å². The van der Waals surface area contributed by atoms with Crippen molar-refractivity contribution in [3.63, 3.8) is 0 Å². The van der Waals surface area contributed by atoms with Crippen molar-refractivity contribution in [2.24, 2.45) is 7.05 Å². The summed E-state index contributed by atoms with van der Waals surface area (Å²) in [7, 11) is -0.611. The van der Waals surface area contributed by atoms with Crippen LogP contribution in [0.3, 0.4) is 0 Å². The summed E-state index contributed by atoms with van der Waals surface area (Å²) in [4.78, 5) is 30.0. The van der Waals surface area contributed by atoms with E-state index in [0.717, 1.165) is 11.1 Å². The van der Waals surface area contributed by atoms with Gasteiger partial charge < -0.3 is 14.7 Å². The molecule has 0 aliphatic rings. The number of aliphatic carboxylic acids is 1. The zero-order chi connectivity index (χ0) is 35.0. The summed E-state index contributed by atoms with van der Waals surface area (Å²) in [5.74, 6) is -0.842. The summed E-state index contributed by atoms with van der Waals surface area (Å²) >= 11 is 0. The van der Waals surface area contributed by atoms with Gasteiger partial charge in [0.2, 0.25) is 0 Å². The second-order valence-electron chi connectivity index (χ2n) is 13.0. The SMILES string of the molecule is Cc1ccc(S(=O)(=O)n2c(C)c(-c3cnn(CCCCC(=O)O)c3)c3cc(-c4cn(C)nc4CN(C)C(=O)OC(C)(C)C)cnc32)cc1. The lowest BCUT2D eigenvalue weighted by atomic mass is 10.0. The Hall–Kier alpha value is -4.98. The monoisotopic (exact) mass is 675 g/mol. The van der Waals surface area contributed by atoms with Crippen LogP contribution in [0.25, 0.3) is 33.3 Å². The van der Waals surface area contributed by atoms with Crippen molar-refractivity contribution in [3.8, 4) is 22.3 Å². The lowest BCUT2D eigenvalue weighted by Gasteiger charge is -2.24. The van der Waals surface area contributed by atoms with Crippen LogP contribution in [0.4, 0.5) is 4.79 Å². The maximum atomic E-state index is 14.1. The van der Waals surface area contributed by atoms with Crippen molar-refractivity contribution in [2.75, 3.05) is 7.05 Å². The van der Waals surface area contributed by atoms with Gasteiger partial charge in [-0.1, -0.05) is 17.7 Å². The van der Waals surface area contributed by atoms with Gasteiger partial charge in [-0.25, -0.2) is 22.2 Å². The second kappa shape index (κ2) is 13.3. The molecule has 0 aliphatic heterocycles. The van der Waals surface area contributed by atoms with Gasteiger partial charge in [-0.3, -0.25) is 14.2 Å². The van der Waals surface area contributed by atoms with Crippen molar-refractivity contribution >= 4 is 33.1 Å². The quantitative estimate of drug-likeness (QED) is 0.172. The molecule has 4 heterocycles. The molecule has 13 nitrogen and oxygen atoms in total. The third kappa shape index (κ3) is 7.28. The minimum Gasteiger partial charge on any atom is -0.481 e. The number of fused-ring (bicyclic) bond motifs is 1. The molecular weight excluding hydrogens is 634 g/mol. The van der Waals surface area contributed by atoms with Gasteiger partial charge in [-0.2, -0.15) is 10.2 Å². The summed E-state index contributed by atoms with van der Waals surface area (Å²) in [6.07, 6.45) is 7.71. The Morgan fingerprint density at radius 1 is 1.02 bits per heavy atom. The second-order valence-corrected chi connectivity index (χ2v) is 14.8. The lowest BCUT2D eigenvalue weighted by molar-refractivity contribution is -0.137. The van der Waals surface area contributed by atoms with E-state index in [2.05, 4.69) is 10.2 Å². The van der Waals surface area contributed by atoms with Crippen LogP contribution in [0, 0.1) is 13.8 Å². The Labute approximate surface area is 279 Å². The molecule has 0 spiro atoms. The van der Waals surface area contributed by atoms with Crippen LogP contribution in [0.1, 0.15) is 57.0 Å². The Bertz CT molecular complexity index is 2090. The summed E-state index contributed by atoms with van der Waals surface area (Å²) < 4.78 is 38.5. The molecule has 5 rings (SSSR count). The topological polar surface area (TPSA) is 154 Å². The molecule has 254 valence electrons. The lowest BCUT2D eigenvalue weighted by Crippen LogP contribution is -2.34. The molecule has 4 aromatic heterocycles. The van der Waals surface area contributed by atoms with E-state index in [1.54, 1.807) is 87.8 Å². The molecule has 0 saturated heterocycles. The number of ether oxygens (including phenoxy) is 1. The standard InChI is InChI=1S/C34H41N7O6S/c1-22-11-13-26(14-12-22)48(45,46)41-23(2)31(25-18-36-40(19-25)15-9-8-10-30(42)43)27-16-24(17-35-32(27)41)28-20-39(7)37-29(28)21-38(6)33(44)47-34(3,4)5/h11-14,16-20H,8-10,15,21H2,1-7H3,(H,42,43). The molecule has 5 aromatic rings. The van der Waals surface area contributed by atoms with Crippen LogP contribution in [-0.2, 0) is 39.7 Å². The minimum atomic E-state index is -4.04. The normalized spacial score (nSPS) is 12.1. The van der Waals surface area contributed by atoms with Gasteiger partial charge >= 0.3 is 12.1 Å². The first-order valence-corrected chi connectivity index (χ1v) is 17.0. The zero-order valence-corrected chi connectivity index (χ0v) is 29.1. The highest BCUT2D eigenvalue weighted by Crippen LogP contribution is 2.38. The van der Waals surface area contributed by atoms with Gasteiger partial charge in [0.15, 0.2) is 5.65 Å². The van der Waals surface area contributed by atoms with E-state index >= 15 is 0 Å². The van der Waals surface area contributed by atoms with E-state index in [0.29, 0.717) is 52.9 Å². The molecule has 14 heteroatoms. The summed E-state index contributed by atoms with van der Waals surface area (Å²) in [6, 6.07) is 8.58. The number of nitrogens with zero attached hydrogens (tertiary/aromatic N) is 7. The maximum Gasteiger partial charge on any atom is 0.410 e. The van der Waals surface area contributed by atoms with Gasteiger partial charge in [0.05, 0.1) is 23.3 Å². The highest BCUT2D eigenvalue weighted by atomic mass is 32.2. The fourth-order valence-electron chi connectivity index (χ4n) is 5.57. The van der Waals surface area contributed by atoms with E-state index in [1.807, 2.05) is 25.4 Å². The van der Waals surface area contributed by atoms with Crippen LogP contribution in [0.2, 0.25) is 0 Å². The number of unbranched alkanes of at least 4 members (excludes halogenated alkanes) is 1. The van der Waals surface area contributed by atoms with E-state index in [1.165, 1.54) is 8.87 Å². The molecular formula is C34H41N7O6S. The largest absolute Gasteiger partial charge is 0.481 e. The van der Waals surface area contributed by atoms with Crippen LogP contribution in [0.5, 0.6) is 0 Å². The number of hydrogen-bond donors (Lipinski definition) is 1. The Morgan fingerprint density at radius 3 is 2.40 bits per heavy atom. The molecule has 0 aliphatic carbocycles. The highest BCUT2D eigenvalue weighted by molar-refractivity contribution is 7.90. The van der Waals surface area contributed by atoms with Crippen molar-refractivity contribution in [1.82, 2.24) is 33.4 Å². The molecule has 0 fully saturated rings. The smallest absolute Gasteiger partial charge is 0.410 e. The number of hydrogen-bond acceptors (Lipinski definition) is 8. The summed E-state index contributed by atoms with van der Waals surface area (Å²) in [5, 5.41) is 18.7. The number of amides is 1. The molecule has 48 heavy (non-hydrogen) atoms. The Morgan fingerprint density at radius 2 is 1.73 bits per heavy atom. The van der Waals surface area contributed by atoms with E-state index in [9.17, 15) is 18.0 Å². The zero-order valence-electron chi connectivity index (χ0n) is 28.3. The first kappa shape index (κ1) is 34.4. The number of carbonyl (C=O) groups is 2. The van der Waals surface area contributed by atoms with Gasteiger partial charge in [0, 0.05) is 79.0 Å². The highest BCUT2D eigenvalue weighted by Gasteiger charge is 2.28. The minimum absolute atomic E-state index is 0.0793. The summed E-state index contributed by atoms with van der Waals surface area (Å²) in [6.45, 7) is 9.75. The van der Waals surface area contributed by atoms with Crippen LogP contribution in [0.15, 0.2) is 60.0 Å². The fourth-order valence-corrected chi connectivity index (χ4v) is 7.08. The predicted molar refractivity (Wildman–Crippen MR) is 181 cm³/mol. The van der Waals surface area contributed by atoms with Gasteiger partial charge in [-0.15, -0.1) is 0 Å². The number of rotatable bonds is 11. The van der Waals surface area contributed by atoms with Crippen LogP contribution >= 0.6 is 0 Å². The maximum absolute atomic E-state index is 14.1. The number of pyridine rings is 1. The third-order valence-corrected chi connectivity index (χ3v) is 9.61. The van der Waals surface area contributed by atoms with Gasteiger partial charge in [0.25, 0.3) is 10.0 Å². The number of carbonyl (C=O) groups excluding carboxylic acids is 1. The fraction of sp³-hybridized carbons (Fsp3) is 0.382. The number of aryl methyl sites for hydroxylation is 3. The van der Waals surface area contributed by atoms with Gasteiger partial charge in [0.1, 0.15) is 5.60 Å². The summed E-state index contributed by atoms with van der Waals surface area (Å²) in [5.41, 5.74) is 4.41. The van der Waals surface area contributed by atoms with E-state index < -0.39 is 27.7 Å². The average Bonchev–Trinajstić information content (AvgIpc) is 3.68. The Kier molecular flexibility index (Phi) is 9.49. The number of carboxylic acid groups (broad SMARTS) is 1. The van der Waals surface area contributed by atoms with Gasteiger partial charge in [-0.05, 0) is 65.7 Å². The Balaban J connectivity index is 1.62. The first-order valence-electron chi connectivity index (χ1n) is 15.6. The number of aromatic nitrogens is 6. The third-order valence-electron chi connectivity index (χ3n) is 7.81. The molecule has 1 N–H and O–H groups in total. The van der Waals surface area contributed by atoms with Crippen LogP contribution < -0.4 is 0 Å². The van der Waals surface area contributed by atoms with Crippen LogP contribution in [-0.4, -0.2) is 71.7 Å². The predicted octanol–water partition coefficient (Wildman–Crippen LogP) is 5.78. The first-order chi connectivity index (χ1) is 22.5. The molecule has 1 aromatic carbocycles. The van der Waals surface area contributed by atoms with E-state index in [-0.39, 0.29) is 23.5 Å². The van der Waals surface area contributed by atoms with Crippen molar-refractivity contribution in [1.29, 1.82) is 0 Å². The van der Waals surface area contributed by atoms with Crippen molar-refractivity contribution < 1.29 is 27.9 Å². The molecule has 0 atom stereocenters. The molecule has 0 bridgehead atoms. The number of carboxylic acids is 1. The number of benzene rings is 1. The molecule has 1 amide bonds. The van der Waals surface area contributed by atoms with Crippen molar-refractivity contribution in [3.05, 3.63) is 72.1 Å². The van der Waals surface area contributed by atoms with E-state index in [4.69, 9.17) is 14.8 Å². The average molecular weight is 676 g/mol. The molecule has 0 unspecified atom stereocenters.